The van der Waals surface area contributed by atoms with Gasteiger partial charge in [-0.25, -0.2) is 13.8 Å². The van der Waals surface area contributed by atoms with Crippen LogP contribution in [0.15, 0.2) is 24.3 Å². The fourth-order valence-electron chi connectivity index (χ4n) is 1.91. The van der Waals surface area contributed by atoms with E-state index in [-0.39, 0.29) is 15.9 Å². The Morgan fingerprint density at radius 3 is 2.55 bits per heavy atom. The highest BCUT2D eigenvalue weighted by atomic mass is 35.5. The SMILES string of the molecule is Cc1cc(Cl)nc(Cl)c1NC(C)c1cc(F)ccc1F. The summed E-state index contributed by atoms with van der Waals surface area (Å²) < 4.78 is 26.9. The van der Waals surface area contributed by atoms with Crippen molar-refractivity contribution in [3.63, 3.8) is 0 Å². The second-order valence-corrected chi connectivity index (χ2v) is 5.20. The van der Waals surface area contributed by atoms with Gasteiger partial charge in [-0.05, 0) is 43.7 Å². The first-order valence-corrected chi connectivity index (χ1v) is 6.68. The van der Waals surface area contributed by atoms with Crippen molar-refractivity contribution in [2.24, 2.45) is 0 Å². The minimum atomic E-state index is -0.493. The molecule has 0 saturated heterocycles. The summed E-state index contributed by atoms with van der Waals surface area (Å²) in [6.45, 7) is 3.51. The molecule has 1 aromatic heterocycles. The Morgan fingerprint density at radius 1 is 1.20 bits per heavy atom. The van der Waals surface area contributed by atoms with Crippen LogP contribution >= 0.6 is 23.2 Å². The van der Waals surface area contributed by atoms with Crippen molar-refractivity contribution < 1.29 is 8.78 Å². The standard InChI is InChI=1S/C14H12Cl2F2N2/c1-7-5-12(15)20-14(16)13(7)19-8(2)10-6-9(17)3-4-11(10)18/h3-6,8,19H,1-2H3. The van der Waals surface area contributed by atoms with Gasteiger partial charge in [-0.3, -0.25) is 0 Å². The minimum Gasteiger partial charge on any atom is -0.376 e. The Labute approximate surface area is 125 Å². The van der Waals surface area contributed by atoms with E-state index >= 15 is 0 Å². The molecule has 2 rings (SSSR count). The molecule has 2 nitrogen and oxygen atoms in total. The predicted octanol–water partition coefficient (Wildman–Crippen LogP) is 5.15. The zero-order valence-corrected chi connectivity index (χ0v) is 12.4. The summed E-state index contributed by atoms with van der Waals surface area (Å²) in [7, 11) is 0. The van der Waals surface area contributed by atoms with E-state index < -0.39 is 17.7 Å². The first-order chi connectivity index (χ1) is 9.38. The van der Waals surface area contributed by atoms with Gasteiger partial charge in [0.15, 0.2) is 5.15 Å². The van der Waals surface area contributed by atoms with Crippen LogP contribution in [-0.2, 0) is 0 Å². The lowest BCUT2D eigenvalue weighted by atomic mass is 10.1. The monoisotopic (exact) mass is 316 g/mol. The third kappa shape index (κ3) is 3.19. The van der Waals surface area contributed by atoms with Gasteiger partial charge in [0.2, 0.25) is 0 Å². The van der Waals surface area contributed by atoms with Crippen molar-refractivity contribution in [2.45, 2.75) is 19.9 Å². The quantitative estimate of drug-likeness (QED) is 0.792. The zero-order chi connectivity index (χ0) is 14.9. The van der Waals surface area contributed by atoms with Crippen LogP contribution in [0.25, 0.3) is 0 Å². The largest absolute Gasteiger partial charge is 0.376 e. The zero-order valence-electron chi connectivity index (χ0n) is 10.8. The fourth-order valence-corrected chi connectivity index (χ4v) is 2.50. The maximum atomic E-state index is 13.7. The average molecular weight is 317 g/mol. The van der Waals surface area contributed by atoms with Crippen molar-refractivity contribution in [3.05, 3.63) is 57.3 Å². The van der Waals surface area contributed by atoms with Crippen LogP contribution < -0.4 is 5.32 Å². The van der Waals surface area contributed by atoms with Gasteiger partial charge < -0.3 is 5.32 Å². The average Bonchev–Trinajstić information content (AvgIpc) is 2.36. The molecule has 106 valence electrons. The topological polar surface area (TPSA) is 24.9 Å². The molecule has 0 amide bonds. The van der Waals surface area contributed by atoms with E-state index in [1.54, 1.807) is 19.9 Å². The summed E-state index contributed by atoms with van der Waals surface area (Å²) >= 11 is 11.8. The summed E-state index contributed by atoms with van der Waals surface area (Å²) in [5.41, 5.74) is 1.54. The van der Waals surface area contributed by atoms with E-state index in [0.29, 0.717) is 5.69 Å². The number of hydrogen-bond acceptors (Lipinski definition) is 2. The van der Waals surface area contributed by atoms with Crippen molar-refractivity contribution >= 4 is 28.9 Å². The van der Waals surface area contributed by atoms with Crippen LogP contribution in [0, 0.1) is 18.6 Å². The van der Waals surface area contributed by atoms with Crippen LogP contribution in [0.2, 0.25) is 10.3 Å². The maximum absolute atomic E-state index is 13.7. The third-order valence-corrected chi connectivity index (χ3v) is 3.39. The molecule has 1 unspecified atom stereocenters. The van der Waals surface area contributed by atoms with Gasteiger partial charge in [0, 0.05) is 5.56 Å². The Morgan fingerprint density at radius 2 is 1.90 bits per heavy atom. The minimum absolute atomic E-state index is 0.193. The Hall–Kier alpha value is -1.39. The summed E-state index contributed by atoms with van der Waals surface area (Å²) in [6, 6.07) is 4.50. The van der Waals surface area contributed by atoms with Gasteiger partial charge in [-0.1, -0.05) is 23.2 Å². The number of nitrogens with one attached hydrogen (secondary N) is 1. The first-order valence-electron chi connectivity index (χ1n) is 5.92. The van der Waals surface area contributed by atoms with E-state index in [9.17, 15) is 8.78 Å². The summed E-state index contributed by atoms with van der Waals surface area (Å²) in [4.78, 5) is 3.92. The molecule has 0 aliphatic heterocycles. The fraction of sp³-hybridized carbons (Fsp3) is 0.214. The third-order valence-electron chi connectivity index (χ3n) is 2.93. The number of rotatable bonds is 3. The van der Waals surface area contributed by atoms with Gasteiger partial charge in [-0.15, -0.1) is 0 Å². The van der Waals surface area contributed by atoms with Crippen molar-refractivity contribution in [1.82, 2.24) is 4.98 Å². The molecule has 0 spiro atoms. The molecule has 0 fully saturated rings. The van der Waals surface area contributed by atoms with Crippen LogP contribution in [-0.4, -0.2) is 4.98 Å². The van der Waals surface area contributed by atoms with E-state index in [4.69, 9.17) is 23.2 Å². The molecule has 1 atom stereocenters. The number of aromatic nitrogens is 1. The highest BCUT2D eigenvalue weighted by molar-refractivity contribution is 6.34. The lowest BCUT2D eigenvalue weighted by molar-refractivity contribution is 0.577. The number of anilines is 1. The van der Waals surface area contributed by atoms with Crippen molar-refractivity contribution in [2.75, 3.05) is 5.32 Å². The maximum Gasteiger partial charge on any atom is 0.154 e. The number of nitrogens with zero attached hydrogens (tertiary/aromatic N) is 1. The molecule has 1 aromatic carbocycles. The molecule has 20 heavy (non-hydrogen) atoms. The summed E-state index contributed by atoms with van der Waals surface area (Å²) in [5, 5.41) is 3.50. The van der Waals surface area contributed by atoms with E-state index in [1.807, 2.05) is 0 Å². The van der Waals surface area contributed by atoms with Crippen LogP contribution in [0.5, 0.6) is 0 Å². The smallest absolute Gasteiger partial charge is 0.154 e. The number of aryl methyl sites for hydroxylation is 1. The summed E-state index contributed by atoms with van der Waals surface area (Å²) in [5.74, 6) is -0.978. The Balaban J connectivity index is 2.32. The highest BCUT2D eigenvalue weighted by Crippen LogP contribution is 2.30. The predicted molar refractivity (Wildman–Crippen MR) is 77.4 cm³/mol. The number of halogens is 4. The van der Waals surface area contributed by atoms with Crippen LogP contribution in [0.1, 0.15) is 24.1 Å². The highest BCUT2D eigenvalue weighted by Gasteiger charge is 2.15. The van der Waals surface area contributed by atoms with Gasteiger partial charge in [0.1, 0.15) is 16.8 Å². The van der Waals surface area contributed by atoms with E-state index in [2.05, 4.69) is 10.3 Å². The Kier molecular flexibility index (Phi) is 4.45. The lowest BCUT2D eigenvalue weighted by Gasteiger charge is -2.19. The molecule has 0 aliphatic rings. The molecule has 0 bridgehead atoms. The molecular weight excluding hydrogens is 305 g/mol. The molecule has 2 aromatic rings. The number of hydrogen-bond donors (Lipinski definition) is 1. The first kappa shape index (κ1) is 15.0. The number of benzene rings is 1. The molecular formula is C14H12Cl2F2N2. The van der Waals surface area contributed by atoms with Gasteiger partial charge in [0.25, 0.3) is 0 Å². The van der Waals surface area contributed by atoms with Crippen LogP contribution in [0.4, 0.5) is 14.5 Å². The van der Waals surface area contributed by atoms with E-state index in [0.717, 1.165) is 23.8 Å². The molecule has 1 heterocycles. The molecule has 6 heteroatoms. The van der Waals surface area contributed by atoms with Crippen LogP contribution in [0.3, 0.4) is 0 Å². The molecule has 0 radical (unpaired) electrons. The second-order valence-electron chi connectivity index (χ2n) is 4.46. The van der Waals surface area contributed by atoms with Crippen molar-refractivity contribution in [3.8, 4) is 0 Å². The van der Waals surface area contributed by atoms with Gasteiger partial charge >= 0.3 is 0 Å². The van der Waals surface area contributed by atoms with Gasteiger partial charge in [0.05, 0.1) is 11.7 Å². The normalized spacial score (nSPS) is 12.3. The molecule has 1 N–H and O–H groups in total. The summed E-state index contributed by atoms with van der Waals surface area (Å²) in [6.07, 6.45) is 0. The lowest BCUT2D eigenvalue weighted by Crippen LogP contribution is -2.11. The van der Waals surface area contributed by atoms with Crippen molar-refractivity contribution in [1.29, 1.82) is 0 Å². The second kappa shape index (κ2) is 5.94. The van der Waals surface area contributed by atoms with Gasteiger partial charge in [-0.2, -0.15) is 0 Å². The number of pyridine rings is 1. The Bertz CT molecular complexity index is 624. The molecule has 0 aliphatic carbocycles. The van der Waals surface area contributed by atoms with E-state index in [1.165, 1.54) is 0 Å². The molecule has 0 saturated carbocycles.